The van der Waals surface area contributed by atoms with Gasteiger partial charge in [0, 0.05) is 52.6 Å². The number of aliphatic hydroxyl groups excluding tert-OH is 1. The van der Waals surface area contributed by atoms with Crippen LogP contribution in [0.2, 0.25) is 5.02 Å². The smallest absolute Gasteiger partial charge is 0.139 e. The highest BCUT2D eigenvalue weighted by molar-refractivity contribution is 9.10. The van der Waals surface area contributed by atoms with E-state index >= 15 is 0 Å². The van der Waals surface area contributed by atoms with Gasteiger partial charge in [0.2, 0.25) is 0 Å². The van der Waals surface area contributed by atoms with E-state index < -0.39 is 6.04 Å². The first-order valence-corrected chi connectivity index (χ1v) is 17.8. The maximum absolute atomic E-state index is 11.3. The standard InChI is InChI=1S/C38H38BrClN6O4/c39-38-32(7-4-9-36(38)49-13-5-12-45-10-1-2-11-45)31-6-3-8-35-33(31)21-44-46(35)22-29-16-37(50-25-27-14-26(17-41)18-42-19-27)28(15-34(29)40)20-43-30(23-47)24-48/h3-4,6-9,14-16,18-19,21,23,30,43,48H,1-2,5,10-13,20,22,24-25H2. The molecule has 1 atom stereocenters. The van der Waals surface area contributed by atoms with Crippen molar-refractivity contribution < 1.29 is 19.4 Å². The lowest BCUT2D eigenvalue weighted by Crippen LogP contribution is -2.33. The number of aromatic nitrogens is 3. The average molecular weight is 758 g/mol. The molecule has 258 valence electrons. The van der Waals surface area contributed by atoms with Crippen LogP contribution >= 0.6 is 27.5 Å². The fraction of sp³-hybridized carbons (Fsp3) is 0.316. The van der Waals surface area contributed by atoms with Gasteiger partial charge in [0.25, 0.3) is 0 Å². The van der Waals surface area contributed by atoms with E-state index in [1.807, 2.05) is 41.2 Å². The largest absolute Gasteiger partial charge is 0.492 e. The van der Waals surface area contributed by atoms with Crippen LogP contribution in [0.3, 0.4) is 0 Å². The second-order valence-electron chi connectivity index (χ2n) is 12.2. The van der Waals surface area contributed by atoms with Crippen molar-refractivity contribution in [3.05, 3.63) is 105 Å². The van der Waals surface area contributed by atoms with E-state index in [1.54, 1.807) is 18.3 Å². The van der Waals surface area contributed by atoms with Crippen molar-refractivity contribution in [1.82, 2.24) is 25.0 Å². The van der Waals surface area contributed by atoms with Crippen molar-refractivity contribution in [2.75, 3.05) is 32.8 Å². The number of fused-ring (bicyclic) bond motifs is 1. The van der Waals surface area contributed by atoms with Crippen molar-refractivity contribution in [3.63, 3.8) is 0 Å². The summed E-state index contributed by atoms with van der Waals surface area (Å²) < 4.78 is 15.3. The van der Waals surface area contributed by atoms with Crippen molar-refractivity contribution in [2.45, 2.75) is 45.0 Å². The van der Waals surface area contributed by atoms with Gasteiger partial charge < -0.3 is 29.6 Å². The molecule has 0 aliphatic carbocycles. The van der Waals surface area contributed by atoms with Gasteiger partial charge in [0.15, 0.2) is 0 Å². The molecule has 0 radical (unpaired) electrons. The number of benzene rings is 3. The third kappa shape index (κ3) is 8.52. The van der Waals surface area contributed by atoms with Gasteiger partial charge in [-0.2, -0.15) is 10.4 Å². The van der Waals surface area contributed by atoms with Crippen LogP contribution in [-0.2, 0) is 24.5 Å². The summed E-state index contributed by atoms with van der Waals surface area (Å²) in [4.78, 5) is 18.0. The molecule has 0 amide bonds. The number of aldehydes is 1. The lowest BCUT2D eigenvalue weighted by molar-refractivity contribution is -0.110. The zero-order valence-corrected chi connectivity index (χ0v) is 29.9. The number of nitrogens with one attached hydrogen (secondary N) is 1. The number of halogens is 2. The van der Waals surface area contributed by atoms with E-state index in [2.05, 4.69) is 49.3 Å². The third-order valence-corrected chi connectivity index (χ3v) is 9.97. The number of carbonyl (C=O) groups is 1. The Hall–Kier alpha value is -4.31. The minimum atomic E-state index is -0.727. The Bertz CT molecular complexity index is 1990. The monoisotopic (exact) mass is 756 g/mol. The number of carbonyl (C=O) groups excluding carboxylic acids is 1. The Labute approximate surface area is 304 Å². The first-order valence-electron chi connectivity index (χ1n) is 16.6. The summed E-state index contributed by atoms with van der Waals surface area (Å²) in [6.45, 7) is 4.53. The molecule has 1 aliphatic heterocycles. The molecule has 5 aromatic rings. The molecule has 1 fully saturated rings. The zero-order chi connectivity index (χ0) is 34.9. The van der Waals surface area contributed by atoms with Crippen LogP contribution in [-0.4, -0.2) is 69.9 Å². The second-order valence-corrected chi connectivity index (χ2v) is 13.4. The van der Waals surface area contributed by atoms with Gasteiger partial charge in [-0.3, -0.25) is 9.67 Å². The summed E-state index contributed by atoms with van der Waals surface area (Å²) in [5, 5.41) is 28.1. The molecular weight excluding hydrogens is 720 g/mol. The Kier molecular flexibility index (Phi) is 12.1. The van der Waals surface area contributed by atoms with E-state index in [9.17, 15) is 15.2 Å². The molecule has 6 rings (SSSR count). The molecule has 3 heterocycles. The van der Waals surface area contributed by atoms with E-state index in [-0.39, 0.29) is 19.8 Å². The van der Waals surface area contributed by atoms with Gasteiger partial charge in [-0.05, 0) is 89.7 Å². The number of rotatable bonds is 16. The SMILES string of the molecule is N#Cc1cncc(COc2cc(Cn3ncc4c(-c5cccc(OCCCN6CCCC6)c5Br)cccc43)c(Cl)cc2CNC(C=O)CO)c1. The van der Waals surface area contributed by atoms with Gasteiger partial charge in [-0.15, -0.1) is 0 Å². The summed E-state index contributed by atoms with van der Waals surface area (Å²) in [6, 6.07) is 19.0. The highest BCUT2D eigenvalue weighted by atomic mass is 79.9. The summed E-state index contributed by atoms with van der Waals surface area (Å²) in [6.07, 6.45) is 9.23. The van der Waals surface area contributed by atoms with Crippen molar-refractivity contribution in [1.29, 1.82) is 5.26 Å². The van der Waals surface area contributed by atoms with Gasteiger partial charge in [-0.1, -0.05) is 35.9 Å². The number of aliphatic hydroxyl groups is 1. The fourth-order valence-corrected chi connectivity index (χ4v) is 6.99. The van der Waals surface area contributed by atoms with Crippen molar-refractivity contribution >= 4 is 44.7 Å². The van der Waals surface area contributed by atoms with Crippen LogP contribution in [0, 0.1) is 11.3 Å². The van der Waals surface area contributed by atoms with Gasteiger partial charge in [-0.25, -0.2) is 0 Å². The maximum Gasteiger partial charge on any atom is 0.139 e. The molecule has 0 spiro atoms. The molecule has 0 bridgehead atoms. The number of nitriles is 1. The molecule has 2 aromatic heterocycles. The van der Waals surface area contributed by atoms with Crippen molar-refractivity contribution in [3.8, 4) is 28.7 Å². The number of nitrogens with zero attached hydrogens (tertiary/aromatic N) is 5. The van der Waals surface area contributed by atoms with E-state index in [0.29, 0.717) is 41.3 Å². The number of hydrogen-bond acceptors (Lipinski definition) is 9. The predicted octanol–water partition coefficient (Wildman–Crippen LogP) is 6.53. The number of hydrogen-bond donors (Lipinski definition) is 2. The number of ether oxygens (including phenoxy) is 2. The fourth-order valence-electron chi connectivity index (χ4n) is 6.15. The van der Waals surface area contributed by atoms with Gasteiger partial charge in [0.05, 0.1) is 47.6 Å². The molecule has 1 saturated heterocycles. The second kappa shape index (κ2) is 17.1. The molecule has 2 N–H and O–H groups in total. The summed E-state index contributed by atoms with van der Waals surface area (Å²) in [7, 11) is 0. The molecule has 12 heteroatoms. The van der Waals surface area contributed by atoms with Crippen LogP contribution in [0.5, 0.6) is 11.5 Å². The zero-order valence-electron chi connectivity index (χ0n) is 27.5. The lowest BCUT2D eigenvalue weighted by Gasteiger charge is -2.17. The Morgan fingerprint density at radius 3 is 2.66 bits per heavy atom. The molecule has 1 unspecified atom stereocenters. The Morgan fingerprint density at radius 1 is 1.04 bits per heavy atom. The van der Waals surface area contributed by atoms with Crippen LogP contribution in [0.4, 0.5) is 0 Å². The number of pyridine rings is 1. The highest BCUT2D eigenvalue weighted by Gasteiger charge is 2.18. The van der Waals surface area contributed by atoms with E-state index in [4.69, 9.17) is 26.2 Å². The quantitative estimate of drug-likeness (QED) is 0.0855. The Balaban J connectivity index is 1.24. The molecule has 50 heavy (non-hydrogen) atoms. The van der Waals surface area contributed by atoms with Crippen LogP contribution in [0.25, 0.3) is 22.0 Å². The molecule has 10 nitrogen and oxygen atoms in total. The normalized spacial score (nSPS) is 13.7. The molecule has 3 aromatic carbocycles. The first-order chi connectivity index (χ1) is 24.5. The minimum Gasteiger partial charge on any atom is -0.492 e. The lowest BCUT2D eigenvalue weighted by atomic mass is 10.0. The molecule has 0 saturated carbocycles. The van der Waals surface area contributed by atoms with Crippen LogP contribution in [0.1, 0.15) is 41.5 Å². The highest BCUT2D eigenvalue weighted by Crippen LogP contribution is 2.39. The van der Waals surface area contributed by atoms with Crippen LogP contribution in [0.15, 0.2) is 77.7 Å². The first kappa shape index (κ1) is 35.5. The van der Waals surface area contributed by atoms with Gasteiger partial charge in [0.1, 0.15) is 30.5 Å². The average Bonchev–Trinajstić information content (AvgIpc) is 3.82. The third-order valence-electron chi connectivity index (χ3n) is 8.80. The minimum absolute atomic E-state index is 0.165. The number of likely N-dealkylation sites (tertiary alicyclic amines) is 1. The predicted molar refractivity (Wildman–Crippen MR) is 196 cm³/mol. The summed E-state index contributed by atoms with van der Waals surface area (Å²) >= 11 is 10.7. The summed E-state index contributed by atoms with van der Waals surface area (Å²) in [5.74, 6) is 1.36. The maximum atomic E-state index is 11.3. The van der Waals surface area contributed by atoms with Gasteiger partial charge >= 0.3 is 0 Å². The van der Waals surface area contributed by atoms with E-state index in [0.717, 1.165) is 56.3 Å². The van der Waals surface area contributed by atoms with Crippen LogP contribution < -0.4 is 14.8 Å². The molecular formula is C38H38BrClN6O4. The summed E-state index contributed by atoms with van der Waals surface area (Å²) in [5.41, 5.74) is 5.64. The molecule has 1 aliphatic rings. The Morgan fingerprint density at radius 2 is 1.86 bits per heavy atom. The van der Waals surface area contributed by atoms with E-state index in [1.165, 1.54) is 32.1 Å². The topological polar surface area (TPSA) is 126 Å². The van der Waals surface area contributed by atoms with Crippen molar-refractivity contribution in [2.24, 2.45) is 0 Å².